The van der Waals surface area contributed by atoms with Gasteiger partial charge in [-0.05, 0) is 43.0 Å². The van der Waals surface area contributed by atoms with Gasteiger partial charge in [0.1, 0.15) is 0 Å². The minimum absolute atomic E-state index is 0.0320. The Morgan fingerprint density at radius 2 is 1.64 bits per heavy atom. The molecule has 0 unspecified atom stereocenters. The summed E-state index contributed by atoms with van der Waals surface area (Å²) in [5, 5.41) is 0. The van der Waals surface area contributed by atoms with Gasteiger partial charge in [-0.3, -0.25) is 19.5 Å². The summed E-state index contributed by atoms with van der Waals surface area (Å²) >= 11 is 0. The smallest absolute Gasteiger partial charge is 0.246 e. The third-order valence-electron chi connectivity index (χ3n) is 4.84. The Morgan fingerprint density at radius 3 is 2.40 bits per heavy atom. The molecule has 2 aliphatic heterocycles. The van der Waals surface area contributed by atoms with Gasteiger partial charge in [-0.15, -0.1) is 0 Å². The molecule has 2 amide bonds. The minimum atomic E-state index is 0.0320. The van der Waals surface area contributed by atoms with Crippen molar-refractivity contribution in [1.82, 2.24) is 19.7 Å². The fraction of sp³-hybridized carbons (Fsp3) is 0.526. The molecular weight excluding hydrogens is 316 g/mol. The monoisotopic (exact) mass is 342 g/mol. The molecule has 3 rings (SSSR count). The second kappa shape index (κ2) is 8.76. The maximum absolute atomic E-state index is 12.4. The maximum atomic E-state index is 12.4. The molecule has 0 atom stereocenters. The van der Waals surface area contributed by atoms with Crippen molar-refractivity contribution in [2.75, 3.05) is 45.8 Å². The third-order valence-corrected chi connectivity index (χ3v) is 4.84. The summed E-state index contributed by atoms with van der Waals surface area (Å²) in [6, 6.07) is 3.75. The Hall–Kier alpha value is -2.21. The van der Waals surface area contributed by atoms with Gasteiger partial charge in [0.2, 0.25) is 11.8 Å². The topological polar surface area (TPSA) is 56.8 Å². The molecular formula is C19H26N4O2. The molecule has 0 N–H and O–H groups in total. The fourth-order valence-electron chi connectivity index (χ4n) is 3.35. The summed E-state index contributed by atoms with van der Waals surface area (Å²) in [6.45, 7) is 5.33. The number of hydrogen-bond donors (Lipinski definition) is 0. The molecule has 0 bridgehead atoms. The zero-order valence-corrected chi connectivity index (χ0v) is 14.6. The van der Waals surface area contributed by atoms with Crippen molar-refractivity contribution in [3.63, 3.8) is 0 Å². The second-order valence-corrected chi connectivity index (χ2v) is 6.66. The van der Waals surface area contributed by atoms with Gasteiger partial charge in [-0.1, -0.05) is 0 Å². The van der Waals surface area contributed by atoms with E-state index in [4.69, 9.17) is 0 Å². The van der Waals surface area contributed by atoms with Crippen LogP contribution < -0.4 is 0 Å². The van der Waals surface area contributed by atoms with Crippen molar-refractivity contribution >= 4 is 17.9 Å². The van der Waals surface area contributed by atoms with E-state index in [2.05, 4.69) is 9.88 Å². The number of rotatable bonds is 4. The highest BCUT2D eigenvalue weighted by molar-refractivity contribution is 5.91. The van der Waals surface area contributed by atoms with Crippen molar-refractivity contribution in [3.05, 3.63) is 36.2 Å². The molecule has 1 aromatic heterocycles. The second-order valence-electron chi connectivity index (χ2n) is 6.66. The highest BCUT2D eigenvalue weighted by Crippen LogP contribution is 2.10. The van der Waals surface area contributed by atoms with Gasteiger partial charge in [0, 0.05) is 57.7 Å². The van der Waals surface area contributed by atoms with Crippen LogP contribution in [-0.2, 0) is 9.59 Å². The van der Waals surface area contributed by atoms with Crippen LogP contribution in [0.2, 0.25) is 0 Å². The molecule has 0 aromatic carbocycles. The van der Waals surface area contributed by atoms with Gasteiger partial charge in [0.05, 0.1) is 6.54 Å². The third kappa shape index (κ3) is 5.13. The van der Waals surface area contributed by atoms with Crippen LogP contribution in [-0.4, -0.2) is 77.3 Å². The average Bonchev–Trinajstić information content (AvgIpc) is 3.08. The predicted octanol–water partition coefficient (Wildman–Crippen LogP) is 1.25. The lowest BCUT2D eigenvalue weighted by Crippen LogP contribution is -2.41. The number of carbonyl (C=O) groups is 2. The van der Waals surface area contributed by atoms with Crippen molar-refractivity contribution in [2.24, 2.45) is 0 Å². The Balaban J connectivity index is 1.48. The van der Waals surface area contributed by atoms with E-state index in [9.17, 15) is 9.59 Å². The Labute approximate surface area is 149 Å². The molecule has 134 valence electrons. The molecule has 2 fully saturated rings. The summed E-state index contributed by atoms with van der Waals surface area (Å²) in [4.78, 5) is 34.7. The minimum Gasteiger partial charge on any atom is -0.342 e. The number of carbonyl (C=O) groups excluding carboxylic acids is 2. The number of nitrogens with zero attached hydrogens (tertiary/aromatic N) is 4. The van der Waals surface area contributed by atoms with Gasteiger partial charge in [0.15, 0.2) is 0 Å². The summed E-state index contributed by atoms with van der Waals surface area (Å²) in [5.74, 6) is 0.263. The first-order valence-electron chi connectivity index (χ1n) is 9.09. The Kier molecular flexibility index (Phi) is 6.17. The van der Waals surface area contributed by atoms with Gasteiger partial charge >= 0.3 is 0 Å². The molecule has 25 heavy (non-hydrogen) atoms. The molecule has 6 nitrogen and oxygen atoms in total. The molecule has 0 saturated carbocycles. The van der Waals surface area contributed by atoms with Crippen molar-refractivity contribution in [3.8, 4) is 0 Å². The zero-order valence-electron chi connectivity index (χ0n) is 14.6. The van der Waals surface area contributed by atoms with Gasteiger partial charge in [-0.25, -0.2) is 0 Å². The number of likely N-dealkylation sites (tertiary alicyclic amines) is 1. The zero-order chi connectivity index (χ0) is 17.5. The van der Waals surface area contributed by atoms with Gasteiger partial charge in [-0.2, -0.15) is 0 Å². The van der Waals surface area contributed by atoms with E-state index in [1.165, 1.54) is 0 Å². The van der Waals surface area contributed by atoms with E-state index in [0.717, 1.165) is 57.5 Å². The van der Waals surface area contributed by atoms with Crippen LogP contribution in [0, 0.1) is 0 Å². The lowest BCUT2D eigenvalue weighted by atomic mass is 10.2. The first-order valence-corrected chi connectivity index (χ1v) is 9.09. The molecule has 0 spiro atoms. The van der Waals surface area contributed by atoms with E-state index in [0.29, 0.717) is 13.1 Å². The van der Waals surface area contributed by atoms with E-state index in [-0.39, 0.29) is 11.8 Å². The van der Waals surface area contributed by atoms with E-state index < -0.39 is 0 Å². The highest BCUT2D eigenvalue weighted by atomic mass is 16.2. The predicted molar refractivity (Wildman–Crippen MR) is 96.7 cm³/mol. The van der Waals surface area contributed by atoms with Crippen LogP contribution in [0.3, 0.4) is 0 Å². The first kappa shape index (κ1) is 17.6. The van der Waals surface area contributed by atoms with Crippen LogP contribution in [0.15, 0.2) is 30.6 Å². The number of aromatic nitrogens is 1. The van der Waals surface area contributed by atoms with Crippen molar-refractivity contribution in [1.29, 1.82) is 0 Å². The standard InChI is InChI=1S/C19H26N4O2/c24-18(5-4-17-6-8-20-9-7-17)23-13-3-10-21(14-15-23)16-19(25)22-11-1-2-12-22/h4-9H,1-3,10-16H2/b5-4+. The Morgan fingerprint density at radius 1 is 0.920 bits per heavy atom. The molecule has 0 radical (unpaired) electrons. The largest absolute Gasteiger partial charge is 0.342 e. The van der Waals surface area contributed by atoms with Crippen molar-refractivity contribution < 1.29 is 9.59 Å². The summed E-state index contributed by atoms with van der Waals surface area (Å²) in [7, 11) is 0. The molecule has 6 heteroatoms. The number of pyridine rings is 1. The molecule has 2 saturated heterocycles. The molecule has 3 heterocycles. The van der Waals surface area contributed by atoms with Gasteiger partial charge < -0.3 is 9.80 Å². The lowest BCUT2D eigenvalue weighted by Gasteiger charge is -2.23. The molecule has 0 aliphatic carbocycles. The average molecular weight is 342 g/mol. The quantitative estimate of drug-likeness (QED) is 0.773. The van der Waals surface area contributed by atoms with Crippen LogP contribution in [0.1, 0.15) is 24.8 Å². The van der Waals surface area contributed by atoms with Crippen molar-refractivity contribution in [2.45, 2.75) is 19.3 Å². The summed E-state index contributed by atoms with van der Waals surface area (Å²) in [6.07, 6.45) is 10.0. The number of hydrogen-bond acceptors (Lipinski definition) is 4. The number of amides is 2. The van der Waals surface area contributed by atoms with Crippen LogP contribution in [0.4, 0.5) is 0 Å². The normalized spacial score (nSPS) is 19.4. The first-order chi connectivity index (χ1) is 12.2. The fourth-order valence-corrected chi connectivity index (χ4v) is 3.35. The van der Waals surface area contributed by atoms with Crippen LogP contribution in [0.5, 0.6) is 0 Å². The van der Waals surface area contributed by atoms with Crippen LogP contribution >= 0.6 is 0 Å². The van der Waals surface area contributed by atoms with E-state index >= 15 is 0 Å². The molecule has 1 aromatic rings. The van der Waals surface area contributed by atoms with Gasteiger partial charge in [0.25, 0.3) is 0 Å². The molecule has 2 aliphatic rings. The van der Waals surface area contributed by atoms with E-state index in [1.807, 2.05) is 28.0 Å². The maximum Gasteiger partial charge on any atom is 0.246 e. The summed E-state index contributed by atoms with van der Waals surface area (Å²) in [5.41, 5.74) is 0.969. The lowest BCUT2D eigenvalue weighted by molar-refractivity contribution is -0.131. The SMILES string of the molecule is O=C(/C=C/c1ccncc1)N1CCCN(CC(=O)N2CCCC2)CC1. The Bertz CT molecular complexity index is 611. The highest BCUT2D eigenvalue weighted by Gasteiger charge is 2.23. The summed E-state index contributed by atoms with van der Waals surface area (Å²) < 4.78 is 0. The van der Waals surface area contributed by atoms with Crippen LogP contribution in [0.25, 0.3) is 6.08 Å². The van der Waals surface area contributed by atoms with E-state index in [1.54, 1.807) is 18.5 Å².